The molecule has 0 aliphatic heterocycles. The van der Waals surface area contributed by atoms with Crippen molar-refractivity contribution in [1.29, 1.82) is 0 Å². The van der Waals surface area contributed by atoms with E-state index < -0.39 is 17.9 Å². The molecule has 0 saturated carbocycles. The number of carbonyl (C=O) groups is 2. The fourth-order valence-corrected chi connectivity index (χ4v) is 2.69. The van der Waals surface area contributed by atoms with Gasteiger partial charge in [-0.2, -0.15) is 0 Å². The lowest BCUT2D eigenvalue weighted by Gasteiger charge is -2.12. The van der Waals surface area contributed by atoms with Crippen LogP contribution in [0.3, 0.4) is 0 Å². The lowest BCUT2D eigenvalue weighted by atomic mass is 10.1. The van der Waals surface area contributed by atoms with Gasteiger partial charge in [0.05, 0.1) is 4.88 Å². The Morgan fingerprint density at radius 2 is 2.00 bits per heavy atom. The molecule has 0 saturated heterocycles. The second-order valence-corrected chi connectivity index (χ2v) is 5.22. The van der Waals surface area contributed by atoms with E-state index in [1.54, 1.807) is 5.38 Å². The average Bonchev–Trinajstić information content (AvgIpc) is 2.97. The molecule has 2 N–H and O–H groups in total. The number of nitrogens with one attached hydrogen (secondary N) is 1. The van der Waals surface area contributed by atoms with Gasteiger partial charge < -0.3 is 10.4 Å². The minimum atomic E-state index is -1.14. The highest BCUT2D eigenvalue weighted by atomic mass is 32.1. The molecule has 1 heterocycles. The van der Waals surface area contributed by atoms with Gasteiger partial charge >= 0.3 is 5.97 Å². The molecule has 106 valence electrons. The Hall–Kier alpha value is -2.58. The maximum absolute atomic E-state index is 12.3. The molecule has 1 aromatic heterocycles. The highest BCUT2D eigenvalue weighted by Gasteiger charge is 2.22. The first-order valence-corrected chi connectivity index (χ1v) is 7.11. The van der Waals surface area contributed by atoms with Crippen molar-refractivity contribution < 1.29 is 14.7 Å². The van der Waals surface area contributed by atoms with Crippen LogP contribution < -0.4 is 5.32 Å². The zero-order valence-electron chi connectivity index (χ0n) is 11.1. The van der Waals surface area contributed by atoms with E-state index in [0.717, 1.165) is 11.1 Å². The molecule has 1 atom stereocenters. The molecular formula is C16H13NO3S. The third-order valence-corrected chi connectivity index (χ3v) is 3.79. The summed E-state index contributed by atoms with van der Waals surface area (Å²) in [5.74, 6) is 0.690. The van der Waals surface area contributed by atoms with Gasteiger partial charge in [-0.25, -0.2) is 4.79 Å². The molecule has 5 heteroatoms. The van der Waals surface area contributed by atoms with E-state index in [1.807, 2.05) is 36.4 Å². The Morgan fingerprint density at radius 1 is 1.29 bits per heavy atom. The maximum atomic E-state index is 12.3. The molecule has 0 bridgehead atoms. The van der Waals surface area contributed by atoms with Crippen molar-refractivity contribution in [2.75, 3.05) is 0 Å². The summed E-state index contributed by atoms with van der Waals surface area (Å²) in [7, 11) is 0. The number of carboxylic acids is 1. The van der Waals surface area contributed by atoms with E-state index in [0.29, 0.717) is 4.88 Å². The second kappa shape index (κ2) is 6.73. The van der Waals surface area contributed by atoms with Crippen molar-refractivity contribution in [1.82, 2.24) is 5.32 Å². The van der Waals surface area contributed by atoms with Gasteiger partial charge in [0.2, 0.25) is 0 Å². The van der Waals surface area contributed by atoms with Gasteiger partial charge in [-0.1, -0.05) is 30.3 Å². The molecule has 1 unspecified atom stereocenters. The maximum Gasteiger partial charge on any atom is 0.327 e. The summed E-state index contributed by atoms with van der Waals surface area (Å²) >= 11 is 1.27. The second-order valence-electron chi connectivity index (χ2n) is 4.30. The average molecular weight is 299 g/mol. The van der Waals surface area contributed by atoms with E-state index in [2.05, 4.69) is 11.2 Å². The van der Waals surface area contributed by atoms with Crippen LogP contribution in [-0.4, -0.2) is 23.0 Å². The number of carbonyl (C=O) groups excluding carboxylic acids is 1. The topological polar surface area (TPSA) is 66.4 Å². The molecule has 21 heavy (non-hydrogen) atoms. The van der Waals surface area contributed by atoms with Crippen LogP contribution in [0.2, 0.25) is 0 Å². The number of thiophene rings is 1. The summed E-state index contributed by atoms with van der Waals surface area (Å²) in [5.41, 5.74) is 1.69. The number of terminal acetylenes is 1. The SMILES string of the molecule is C#CCC(NC(=O)c1sccc1-c1ccccc1)C(=O)O. The van der Waals surface area contributed by atoms with Gasteiger partial charge in [0, 0.05) is 12.0 Å². The van der Waals surface area contributed by atoms with E-state index in [9.17, 15) is 9.59 Å². The minimum absolute atomic E-state index is 0.0485. The first kappa shape index (κ1) is 14.8. The Kier molecular flexibility index (Phi) is 4.75. The van der Waals surface area contributed by atoms with Crippen molar-refractivity contribution in [3.63, 3.8) is 0 Å². The molecular weight excluding hydrogens is 286 g/mol. The zero-order chi connectivity index (χ0) is 15.2. The standard InChI is InChI=1S/C16H13NO3S/c1-2-6-13(16(19)20)17-15(18)14-12(9-10-21-14)11-7-4-3-5-8-11/h1,3-5,7-10,13H,6H2,(H,17,18)(H,19,20). The van der Waals surface area contributed by atoms with Gasteiger partial charge in [-0.3, -0.25) is 4.79 Å². The summed E-state index contributed by atoms with van der Waals surface area (Å²) in [4.78, 5) is 23.8. The molecule has 0 aliphatic carbocycles. The largest absolute Gasteiger partial charge is 0.480 e. The van der Waals surface area contributed by atoms with Crippen LogP contribution in [0.5, 0.6) is 0 Å². The highest BCUT2D eigenvalue weighted by molar-refractivity contribution is 7.12. The third kappa shape index (κ3) is 3.50. The summed E-state index contributed by atoms with van der Waals surface area (Å²) in [6.45, 7) is 0. The molecule has 4 nitrogen and oxygen atoms in total. The summed E-state index contributed by atoms with van der Waals surface area (Å²) < 4.78 is 0. The number of amides is 1. The molecule has 0 radical (unpaired) electrons. The smallest absolute Gasteiger partial charge is 0.327 e. The number of hydrogen-bond donors (Lipinski definition) is 2. The monoisotopic (exact) mass is 299 g/mol. The van der Waals surface area contributed by atoms with Crippen LogP contribution >= 0.6 is 11.3 Å². The van der Waals surface area contributed by atoms with Gasteiger partial charge in [0.1, 0.15) is 6.04 Å². The van der Waals surface area contributed by atoms with Crippen LogP contribution in [0.1, 0.15) is 16.1 Å². The van der Waals surface area contributed by atoms with Gasteiger partial charge in [-0.05, 0) is 17.0 Å². The molecule has 2 aromatic rings. The van der Waals surface area contributed by atoms with Crippen molar-refractivity contribution in [3.05, 3.63) is 46.7 Å². The highest BCUT2D eigenvalue weighted by Crippen LogP contribution is 2.28. The molecule has 1 amide bonds. The van der Waals surface area contributed by atoms with E-state index in [1.165, 1.54) is 11.3 Å². The van der Waals surface area contributed by atoms with Gasteiger partial charge in [0.15, 0.2) is 0 Å². The molecule has 0 aliphatic rings. The van der Waals surface area contributed by atoms with Crippen molar-refractivity contribution in [2.45, 2.75) is 12.5 Å². The normalized spacial score (nSPS) is 11.4. The Balaban J connectivity index is 2.24. The molecule has 1 aromatic carbocycles. The Labute approximate surface area is 126 Å². The number of rotatable bonds is 5. The van der Waals surface area contributed by atoms with Crippen molar-refractivity contribution in [3.8, 4) is 23.5 Å². The van der Waals surface area contributed by atoms with Crippen LogP contribution in [0.15, 0.2) is 41.8 Å². The van der Waals surface area contributed by atoms with E-state index >= 15 is 0 Å². The number of benzene rings is 1. The molecule has 0 fully saturated rings. The summed E-state index contributed by atoms with van der Waals surface area (Å²) in [6, 6.07) is 10.2. The lowest BCUT2D eigenvalue weighted by molar-refractivity contribution is -0.139. The fourth-order valence-electron chi connectivity index (χ4n) is 1.87. The van der Waals surface area contributed by atoms with Crippen LogP contribution in [0.4, 0.5) is 0 Å². The quantitative estimate of drug-likeness (QED) is 0.834. The van der Waals surface area contributed by atoms with Gasteiger partial charge in [-0.15, -0.1) is 23.7 Å². The van der Waals surface area contributed by atoms with Crippen LogP contribution in [-0.2, 0) is 4.79 Å². The van der Waals surface area contributed by atoms with Crippen molar-refractivity contribution in [2.24, 2.45) is 0 Å². The summed E-state index contributed by atoms with van der Waals surface area (Å²) in [6.07, 6.45) is 5.07. The predicted octanol–water partition coefficient (Wildman–Crippen LogP) is 2.62. The van der Waals surface area contributed by atoms with Crippen LogP contribution in [0.25, 0.3) is 11.1 Å². The first-order chi connectivity index (χ1) is 10.1. The molecule has 2 rings (SSSR count). The zero-order valence-corrected chi connectivity index (χ0v) is 11.9. The number of aliphatic carboxylic acids is 1. The van der Waals surface area contributed by atoms with Gasteiger partial charge in [0.25, 0.3) is 5.91 Å². The van der Waals surface area contributed by atoms with E-state index in [4.69, 9.17) is 11.5 Å². The molecule has 0 spiro atoms. The predicted molar refractivity (Wildman–Crippen MR) is 82.1 cm³/mol. The Bertz CT molecular complexity index is 685. The third-order valence-electron chi connectivity index (χ3n) is 2.88. The van der Waals surface area contributed by atoms with E-state index in [-0.39, 0.29) is 6.42 Å². The van der Waals surface area contributed by atoms with Crippen LogP contribution in [0, 0.1) is 12.3 Å². The lowest BCUT2D eigenvalue weighted by Crippen LogP contribution is -2.40. The number of hydrogen-bond acceptors (Lipinski definition) is 3. The fraction of sp³-hybridized carbons (Fsp3) is 0.125. The Morgan fingerprint density at radius 3 is 2.62 bits per heavy atom. The van der Waals surface area contributed by atoms with Crippen molar-refractivity contribution >= 4 is 23.2 Å². The minimum Gasteiger partial charge on any atom is -0.480 e. The number of carboxylic acid groups (broad SMARTS) is 1. The summed E-state index contributed by atoms with van der Waals surface area (Å²) in [5, 5.41) is 13.3. The first-order valence-electron chi connectivity index (χ1n) is 6.23.